The first kappa shape index (κ1) is 17.3. The van der Waals surface area contributed by atoms with E-state index in [9.17, 15) is 0 Å². The van der Waals surface area contributed by atoms with Gasteiger partial charge in [0.2, 0.25) is 0 Å². The molecule has 1 saturated carbocycles. The first-order valence-electron chi connectivity index (χ1n) is 9.33. The minimum atomic E-state index is 0.239. The van der Waals surface area contributed by atoms with Gasteiger partial charge in [0, 0.05) is 24.7 Å². The van der Waals surface area contributed by atoms with Crippen LogP contribution in [0.1, 0.15) is 79.6 Å². The highest BCUT2D eigenvalue weighted by atomic mass is 15.2. The van der Waals surface area contributed by atoms with Gasteiger partial charge in [-0.1, -0.05) is 26.7 Å². The lowest BCUT2D eigenvalue weighted by Gasteiger charge is -2.45. The Bertz CT molecular complexity index is 320. The standard InChI is InChI=1S/C19H38N2/c1-6-17-10-8-12-21(17)15-19(14-20-18(3,4)5)11-7-9-16(2)13-19/h16-17,20H,6-15H2,1-5H3. The van der Waals surface area contributed by atoms with E-state index < -0.39 is 0 Å². The fourth-order valence-corrected chi connectivity index (χ4v) is 4.58. The lowest BCUT2D eigenvalue weighted by atomic mass is 9.69. The summed E-state index contributed by atoms with van der Waals surface area (Å²) in [5.74, 6) is 0.906. The Balaban J connectivity index is 2.04. The van der Waals surface area contributed by atoms with Crippen LogP contribution in [0.5, 0.6) is 0 Å². The largest absolute Gasteiger partial charge is 0.311 e. The van der Waals surface area contributed by atoms with Crippen LogP contribution < -0.4 is 5.32 Å². The summed E-state index contributed by atoms with van der Waals surface area (Å²) in [6, 6.07) is 0.855. The quantitative estimate of drug-likeness (QED) is 0.806. The highest BCUT2D eigenvalue weighted by Crippen LogP contribution is 2.41. The minimum absolute atomic E-state index is 0.239. The van der Waals surface area contributed by atoms with E-state index in [1.165, 1.54) is 64.6 Å². The van der Waals surface area contributed by atoms with Crippen LogP contribution in [0, 0.1) is 11.3 Å². The Kier molecular flexibility index (Phi) is 5.76. The van der Waals surface area contributed by atoms with Crippen molar-refractivity contribution >= 4 is 0 Å². The van der Waals surface area contributed by atoms with Crippen LogP contribution in [0.25, 0.3) is 0 Å². The maximum atomic E-state index is 3.83. The van der Waals surface area contributed by atoms with Gasteiger partial charge in [-0.05, 0) is 70.8 Å². The molecular formula is C19H38N2. The smallest absolute Gasteiger partial charge is 0.00967 e. The summed E-state index contributed by atoms with van der Waals surface area (Å²) in [4.78, 5) is 2.82. The topological polar surface area (TPSA) is 15.3 Å². The van der Waals surface area contributed by atoms with E-state index in [1.54, 1.807) is 0 Å². The van der Waals surface area contributed by atoms with Gasteiger partial charge in [0.15, 0.2) is 0 Å². The molecule has 2 nitrogen and oxygen atoms in total. The molecule has 1 N–H and O–H groups in total. The van der Waals surface area contributed by atoms with E-state index in [4.69, 9.17) is 0 Å². The molecule has 1 aliphatic heterocycles. The van der Waals surface area contributed by atoms with Crippen molar-refractivity contribution in [1.29, 1.82) is 0 Å². The fraction of sp³-hybridized carbons (Fsp3) is 1.00. The molecule has 2 heteroatoms. The van der Waals surface area contributed by atoms with E-state index in [0.717, 1.165) is 12.0 Å². The molecule has 124 valence electrons. The van der Waals surface area contributed by atoms with Crippen LogP contribution in [0.3, 0.4) is 0 Å². The molecule has 1 heterocycles. The third kappa shape index (κ3) is 4.96. The first-order chi connectivity index (χ1) is 9.84. The van der Waals surface area contributed by atoms with Crippen molar-refractivity contribution in [2.75, 3.05) is 19.6 Å². The van der Waals surface area contributed by atoms with Gasteiger partial charge in [-0.3, -0.25) is 4.90 Å². The van der Waals surface area contributed by atoms with Gasteiger partial charge in [-0.2, -0.15) is 0 Å². The Morgan fingerprint density at radius 1 is 1.19 bits per heavy atom. The SMILES string of the molecule is CCC1CCCN1CC1(CNC(C)(C)C)CCCC(C)C1. The van der Waals surface area contributed by atoms with Crippen LogP contribution in [-0.2, 0) is 0 Å². The predicted molar refractivity (Wildman–Crippen MR) is 92.7 cm³/mol. The third-order valence-electron chi connectivity index (χ3n) is 5.69. The molecule has 0 spiro atoms. The molecule has 0 radical (unpaired) electrons. The number of hydrogen-bond donors (Lipinski definition) is 1. The molecule has 0 amide bonds. The molecule has 1 saturated heterocycles. The number of hydrogen-bond acceptors (Lipinski definition) is 2. The third-order valence-corrected chi connectivity index (χ3v) is 5.69. The summed E-state index contributed by atoms with van der Waals surface area (Å²) in [6.07, 6.45) is 9.88. The van der Waals surface area contributed by atoms with Crippen LogP contribution in [-0.4, -0.2) is 36.1 Å². The monoisotopic (exact) mass is 294 g/mol. The van der Waals surface area contributed by atoms with Crippen LogP contribution in [0.4, 0.5) is 0 Å². The zero-order valence-corrected chi connectivity index (χ0v) is 15.2. The summed E-state index contributed by atoms with van der Waals surface area (Å²) >= 11 is 0. The maximum Gasteiger partial charge on any atom is 0.00967 e. The van der Waals surface area contributed by atoms with Crippen molar-refractivity contribution in [3.63, 3.8) is 0 Å². The van der Waals surface area contributed by atoms with Gasteiger partial charge in [-0.25, -0.2) is 0 Å². The molecule has 0 aromatic heterocycles. The summed E-state index contributed by atoms with van der Waals surface area (Å²) in [6.45, 7) is 15.6. The van der Waals surface area contributed by atoms with Crippen LogP contribution in [0.15, 0.2) is 0 Å². The predicted octanol–water partition coefficient (Wildman–Crippen LogP) is 4.45. The molecule has 1 aliphatic carbocycles. The summed E-state index contributed by atoms with van der Waals surface area (Å²) < 4.78 is 0. The van der Waals surface area contributed by atoms with E-state index in [1.807, 2.05) is 0 Å². The van der Waals surface area contributed by atoms with E-state index in [-0.39, 0.29) is 5.54 Å². The molecule has 21 heavy (non-hydrogen) atoms. The average Bonchev–Trinajstić information content (AvgIpc) is 2.83. The van der Waals surface area contributed by atoms with Gasteiger partial charge in [0.1, 0.15) is 0 Å². The zero-order valence-electron chi connectivity index (χ0n) is 15.2. The highest BCUT2D eigenvalue weighted by Gasteiger charge is 2.39. The molecule has 2 fully saturated rings. The number of likely N-dealkylation sites (tertiary alicyclic amines) is 1. The number of nitrogens with zero attached hydrogens (tertiary/aromatic N) is 1. The Hall–Kier alpha value is -0.0800. The van der Waals surface area contributed by atoms with Gasteiger partial charge in [0.05, 0.1) is 0 Å². The number of rotatable bonds is 5. The number of nitrogens with one attached hydrogen (secondary N) is 1. The second-order valence-corrected chi connectivity index (χ2v) is 8.98. The van der Waals surface area contributed by atoms with Crippen molar-refractivity contribution in [3.8, 4) is 0 Å². The summed E-state index contributed by atoms with van der Waals surface area (Å²) in [7, 11) is 0. The molecule has 3 unspecified atom stereocenters. The molecular weight excluding hydrogens is 256 g/mol. The second-order valence-electron chi connectivity index (χ2n) is 8.98. The van der Waals surface area contributed by atoms with Gasteiger partial charge in [0.25, 0.3) is 0 Å². The van der Waals surface area contributed by atoms with Gasteiger partial charge in [-0.15, -0.1) is 0 Å². The van der Waals surface area contributed by atoms with Crippen molar-refractivity contribution in [3.05, 3.63) is 0 Å². The van der Waals surface area contributed by atoms with Crippen LogP contribution in [0.2, 0.25) is 0 Å². The van der Waals surface area contributed by atoms with E-state index in [0.29, 0.717) is 5.41 Å². The van der Waals surface area contributed by atoms with Crippen molar-refractivity contribution in [1.82, 2.24) is 10.2 Å². The Morgan fingerprint density at radius 3 is 2.57 bits per heavy atom. The lowest BCUT2D eigenvalue weighted by Crippen LogP contribution is -2.51. The molecule has 0 bridgehead atoms. The van der Waals surface area contributed by atoms with Crippen molar-refractivity contribution in [2.45, 2.75) is 91.1 Å². The molecule has 3 atom stereocenters. The maximum absolute atomic E-state index is 3.83. The normalized spacial score (nSPS) is 35.3. The second kappa shape index (κ2) is 7.00. The lowest BCUT2D eigenvalue weighted by molar-refractivity contribution is 0.0671. The van der Waals surface area contributed by atoms with Crippen LogP contribution >= 0.6 is 0 Å². The fourth-order valence-electron chi connectivity index (χ4n) is 4.58. The molecule has 2 aliphatic rings. The van der Waals surface area contributed by atoms with Gasteiger partial charge >= 0.3 is 0 Å². The minimum Gasteiger partial charge on any atom is -0.311 e. The van der Waals surface area contributed by atoms with Gasteiger partial charge < -0.3 is 5.32 Å². The van der Waals surface area contributed by atoms with Crippen molar-refractivity contribution < 1.29 is 0 Å². The zero-order chi connectivity index (χ0) is 15.5. The summed E-state index contributed by atoms with van der Waals surface area (Å²) in [5, 5.41) is 3.83. The Morgan fingerprint density at radius 2 is 1.95 bits per heavy atom. The molecule has 0 aromatic carbocycles. The van der Waals surface area contributed by atoms with Crippen molar-refractivity contribution in [2.24, 2.45) is 11.3 Å². The summed E-state index contributed by atoms with van der Waals surface area (Å²) in [5.41, 5.74) is 0.756. The average molecular weight is 295 g/mol. The van der Waals surface area contributed by atoms with E-state index >= 15 is 0 Å². The van der Waals surface area contributed by atoms with E-state index in [2.05, 4.69) is 44.8 Å². The first-order valence-corrected chi connectivity index (χ1v) is 9.33. The Labute approximate surface area is 133 Å². The molecule has 0 aromatic rings. The molecule has 2 rings (SSSR count). The highest BCUT2D eigenvalue weighted by molar-refractivity contribution is 4.94.